The van der Waals surface area contributed by atoms with E-state index in [2.05, 4.69) is 5.32 Å². The molecule has 0 unspecified atom stereocenters. The molecule has 6 heteroatoms. The first-order chi connectivity index (χ1) is 14.2. The summed E-state index contributed by atoms with van der Waals surface area (Å²) in [6.07, 6.45) is 1.49. The lowest BCUT2D eigenvalue weighted by molar-refractivity contribution is -0.111. The molecule has 0 saturated carbocycles. The van der Waals surface area contributed by atoms with E-state index >= 15 is 0 Å². The van der Waals surface area contributed by atoms with Crippen LogP contribution in [0.5, 0.6) is 5.75 Å². The molecule has 0 aliphatic rings. The van der Waals surface area contributed by atoms with Gasteiger partial charge < -0.3 is 20.2 Å². The Bertz CT molecular complexity index is 1170. The van der Waals surface area contributed by atoms with Crippen molar-refractivity contribution in [2.45, 2.75) is 34.6 Å². The maximum atomic E-state index is 12.7. The third-order valence-corrected chi connectivity index (χ3v) is 5.16. The maximum Gasteiger partial charge on any atom is 0.250 e. The Morgan fingerprint density at radius 3 is 2.50 bits per heavy atom. The maximum absolute atomic E-state index is 12.7. The van der Waals surface area contributed by atoms with Crippen LogP contribution in [0.1, 0.15) is 46.7 Å². The summed E-state index contributed by atoms with van der Waals surface area (Å²) in [6.45, 7) is 10.2. The predicted octanol–water partition coefficient (Wildman–Crippen LogP) is 4.90. The van der Waals surface area contributed by atoms with E-state index in [0.29, 0.717) is 18.0 Å². The number of carbonyl (C=O) groups is 2. The largest absolute Gasteiger partial charge is 0.493 e. The summed E-state index contributed by atoms with van der Waals surface area (Å²) < 4.78 is 11.8. The number of benzene rings is 2. The smallest absolute Gasteiger partial charge is 0.250 e. The van der Waals surface area contributed by atoms with Crippen molar-refractivity contribution in [3.63, 3.8) is 0 Å². The summed E-state index contributed by atoms with van der Waals surface area (Å²) >= 11 is 0. The van der Waals surface area contributed by atoms with Crippen molar-refractivity contribution in [3.8, 4) is 5.75 Å². The number of fused-ring (bicyclic) bond motifs is 1. The van der Waals surface area contributed by atoms with Crippen molar-refractivity contribution in [3.05, 3.63) is 64.4 Å². The van der Waals surface area contributed by atoms with Crippen LogP contribution in [0.4, 0.5) is 5.69 Å². The number of nitrogens with two attached hydrogens (primary N) is 1. The average Bonchev–Trinajstić information content (AvgIpc) is 2.98. The van der Waals surface area contributed by atoms with Gasteiger partial charge in [-0.15, -0.1) is 0 Å². The van der Waals surface area contributed by atoms with Gasteiger partial charge in [0.2, 0.25) is 5.91 Å². The van der Waals surface area contributed by atoms with Crippen LogP contribution < -0.4 is 15.8 Å². The van der Waals surface area contributed by atoms with Crippen LogP contribution in [0.15, 0.2) is 40.8 Å². The Hall–Kier alpha value is -3.54. The first-order valence-electron chi connectivity index (χ1n) is 9.79. The second-order valence-corrected chi connectivity index (χ2v) is 7.20. The fraction of sp³-hybridized carbons (Fsp3) is 0.250. The second kappa shape index (κ2) is 8.45. The summed E-state index contributed by atoms with van der Waals surface area (Å²) in [5.74, 6) is 0.589. The van der Waals surface area contributed by atoms with Gasteiger partial charge >= 0.3 is 0 Å². The van der Waals surface area contributed by atoms with Gasteiger partial charge in [-0.05, 0) is 64.0 Å². The molecular weight excluding hydrogens is 380 g/mol. The fourth-order valence-corrected chi connectivity index (χ4v) is 3.49. The second-order valence-electron chi connectivity index (χ2n) is 7.20. The lowest BCUT2D eigenvalue weighted by Gasteiger charge is -2.15. The Balaban J connectivity index is 2.03. The summed E-state index contributed by atoms with van der Waals surface area (Å²) in [5, 5.41) is 3.73. The molecule has 0 radical (unpaired) electrons. The molecule has 0 aliphatic heterocycles. The van der Waals surface area contributed by atoms with E-state index in [4.69, 9.17) is 14.9 Å². The van der Waals surface area contributed by atoms with Gasteiger partial charge in [0.05, 0.1) is 17.9 Å². The highest BCUT2D eigenvalue weighted by molar-refractivity contribution is 6.08. The van der Waals surface area contributed by atoms with E-state index in [0.717, 1.165) is 39.0 Å². The molecule has 1 aromatic heterocycles. The molecule has 0 saturated heterocycles. The van der Waals surface area contributed by atoms with E-state index in [1.54, 1.807) is 24.3 Å². The standard InChI is InChI=1S/C24H26N2O4/c1-6-29-22-15(4)23-19(14(3)16(5)30-23)12-18(22)13(2)11-21(27)26-20-10-8-7-9-17(20)24(25)28/h7-12H,6H2,1-5H3,(H2,25,28)(H,26,27)/b13-11+. The first-order valence-corrected chi connectivity index (χ1v) is 9.79. The third-order valence-electron chi connectivity index (χ3n) is 5.16. The van der Waals surface area contributed by atoms with E-state index in [9.17, 15) is 9.59 Å². The Kier molecular flexibility index (Phi) is 5.96. The van der Waals surface area contributed by atoms with Gasteiger partial charge in [-0.1, -0.05) is 12.1 Å². The fourth-order valence-electron chi connectivity index (χ4n) is 3.49. The summed E-state index contributed by atoms with van der Waals surface area (Å²) in [7, 11) is 0. The highest BCUT2D eigenvalue weighted by Gasteiger charge is 2.19. The molecule has 156 valence electrons. The molecule has 2 amide bonds. The molecule has 1 heterocycles. The van der Waals surface area contributed by atoms with Gasteiger partial charge in [0.1, 0.15) is 17.1 Å². The van der Waals surface area contributed by atoms with Crippen molar-refractivity contribution in [2.75, 3.05) is 11.9 Å². The number of carbonyl (C=O) groups excluding carboxylic acids is 2. The van der Waals surface area contributed by atoms with Crippen molar-refractivity contribution in [1.29, 1.82) is 0 Å². The Morgan fingerprint density at radius 1 is 1.13 bits per heavy atom. The number of allylic oxidation sites excluding steroid dienone is 1. The third kappa shape index (κ3) is 3.94. The first kappa shape index (κ1) is 21.2. The summed E-state index contributed by atoms with van der Waals surface area (Å²) in [6, 6.07) is 8.63. The van der Waals surface area contributed by atoms with Gasteiger partial charge in [0.15, 0.2) is 0 Å². The Labute approximate surface area is 175 Å². The molecule has 0 bridgehead atoms. The molecule has 30 heavy (non-hydrogen) atoms. The van der Waals surface area contributed by atoms with Crippen molar-refractivity contribution < 1.29 is 18.7 Å². The molecule has 2 aromatic carbocycles. The number of nitrogens with one attached hydrogen (secondary N) is 1. The van der Waals surface area contributed by atoms with Crippen LogP contribution in [0.2, 0.25) is 0 Å². The van der Waals surface area contributed by atoms with Crippen LogP contribution in [0.3, 0.4) is 0 Å². The lowest BCUT2D eigenvalue weighted by atomic mass is 9.98. The number of primary amides is 1. The number of para-hydroxylation sites is 1. The number of furan rings is 1. The normalized spacial score (nSPS) is 11.6. The predicted molar refractivity (Wildman–Crippen MR) is 119 cm³/mol. The zero-order valence-electron chi connectivity index (χ0n) is 17.9. The average molecular weight is 406 g/mol. The van der Waals surface area contributed by atoms with Crippen molar-refractivity contribution in [1.82, 2.24) is 0 Å². The number of rotatable bonds is 6. The van der Waals surface area contributed by atoms with Crippen LogP contribution in [0, 0.1) is 20.8 Å². The SMILES string of the molecule is CCOc1c(/C(C)=C/C(=O)Nc2ccccc2C(N)=O)cc2c(C)c(C)oc2c1C. The monoisotopic (exact) mass is 406 g/mol. The van der Waals surface area contributed by atoms with Gasteiger partial charge in [-0.25, -0.2) is 0 Å². The number of hydrogen-bond acceptors (Lipinski definition) is 4. The van der Waals surface area contributed by atoms with E-state index in [-0.39, 0.29) is 11.5 Å². The van der Waals surface area contributed by atoms with Gasteiger partial charge in [-0.3, -0.25) is 9.59 Å². The number of hydrogen-bond donors (Lipinski definition) is 2. The molecular formula is C24H26N2O4. The minimum absolute atomic E-state index is 0.258. The minimum Gasteiger partial charge on any atom is -0.493 e. The molecule has 0 fully saturated rings. The highest BCUT2D eigenvalue weighted by Crippen LogP contribution is 2.38. The van der Waals surface area contributed by atoms with Crippen molar-refractivity contribution in [2.24, 2.45) is 5.73 Å². The topological polar surface area (TPSA) is 94.6 Å². The summed E-state index contributed by atoms with van der Waals surface area (Å²) in [5.41, 5.74) is 10.3. The molecule has 0 atom stereocenters. The quantitative estimate of drug-likeness (QED) is 0.569. The zero-order chi connectivity index (χ0) is 22.0. The molecule has 3 rings (SSSR count). The van der Waals surface area contributed by atoms with Gasteiger partial charge in [0, 0.05) is 22.6 Å². The molecule has 0 spiro atoms. The number of aryl methyl sites for hydroxylation is 3. The van der Waals surface area contributed by atoms with Crippen LogP contribution in [-0.2, 0) is 4.79 Å². The van der Waals surface area contributed by atoms with E-state index < -0.39 is 5.91 Å². The van der Waals surface area contributed by atoms with E-state index in [1.165, 1.54) is 6.08 Å². The van der Waals surface area contributed by atoms with Crippen LogP contribution >= 0.6 is 0 Å². The van der Waals surface area contributed by atoms with Crippen LogP contribution in [-0.4, -0.2) is 18.4 Å². The van der Waals surface area contributed by atoms with Crippen molar-refractivity contribution >= 4 is 34.0 Å². The molecule has 6 nitrogen and oxygen atoms in total. The van der Waals surface area contributed by atoms with Crippen LogP contribution in [0.25, 0.3) is 16.5 Å². The van der Waals surface area contributed by atoms with Gasteiger partial charge in [-0.2, -0.15) is 0 Å². The van der Waals surface area contributed by atoms with Gasteiger partial charge in [0.25, 0.3) is 5.91 Å². The molecule has 3 aromatic rings. The Morgan fingerprint density at radius 2 is 1.83 bits per heavy atom. The molecule has 0 aliphatic carbocycles. The van der Waals surface area contributed by atoms with E-state index in [1.807, 2.05) is 40.7 Å². The molecule has 3 N–H and O–H groups in total. The highest BCUT2D eigenvalue weighted by atomic mass is 16.5. The number of amides is 2. The number of anilines is 1. The lowest BCUT2D eigenvalue weighted by Crippen LogP contribution is -2.17. The number of ether oxygens (including phenoxy) is 1. The zero-order valence-corrected chi connectivity index (χ0v) is 17.9. The summed E-state index contributed by atoms with van der Waals surface area (Å²) in [4.78, 5) is 24.3. The minimum atomic E-state index is -0.600.